The van der Waals surface area contributed by atoms with E-state index in [1.165, 1.54) is 6.26 Å². The first-order chi connectivity index (χ1) is 8.16. The Kier molecular flexibility index (Phi) is 3.61. The second-order valence-corrected chi connectivity index (χ2v) is 4.33. The molecule has 1 aromatic heterocycles. The highest BCUT2D eigenvalue weighted by Crippen LogP contribution is 2.18. The van der Waals surface area contributed by atoms with Gasteiger partial charge < -0.3 is 14.8 Å². The molecule has 0 aliphatic rings. The van der Waals surface area contributed by atoms with E-state index in [0.717, 1.165) is 4.47 Å². The summed E-state index contributed by atoms with van der Waals surface area (Å²) >= 11 is 3.30. The van der Waals surface area contributed by atoms with Gasteiger partial charge in [-0.2, -0.15) is 0 Å². The van der Waals surface area contributed by atoms with Gasteiger partial charge in [-0.05, 0) is 36.4 Å². The fourth-order valence-electron chi connectivity index (χ4n) is 1.32. The first-order valence-corrected chi connectivity index (χ1v) is 5.74. The molecule has 2 aromatic rings. The number of halogens is 1. The normalized spacial score (nSPS) is 12.1. The number of hydrogen-bond acceptors (Lipinski definition) is 3. The molecule has 1 amide bonds. The summed E-state index contributed by atoms with van der Waals surface area (Å²) in [5.41, 5.74) is 0.615. The maximum absolute atomic E-state index is 11.7. The van der Waals surface area contributed by atoms with E-state index in [4.69, 9.17) is 4.42 Å². The number of carbonyl (C=O) groups excluding carboxylic acids is 1. The third-order valence-corrected chi connectivity index (χ3v) is 2.70. The van der Waals surface area contributed by atoms with Gasteiger partial charge >= 0.3 is 0 Å². The number of benzene rings is 1. The highest BCUT2D eigenvalue weighted by Gasteiger charge is 2.19. The quantitative estimate of drug-likeness (QED) is 0.915. The lowest BCUT2D eigenvalue weighted by molar-refractivity contribution is -0.125. The Bertz CT molecular complexity index is 493. The Balaban J connectivity index is 2.04. The molecule has 1 aromatic carbocycles. The van der Waals surface area contributed by atoms with Crippen LogP contribution in [0.1, 0.15) is 11.9 Å². The van der Waals surface area contributed by atoms with E-state index in [9.17, 15) is 9.90 Å². The molecule has 0 radical (unpaired) electrons. The molecule has 0 aliphatic carbocycles. The second-order valence-electron chi connectivity index (χ2n) is 3.41. The molecule has 5 heteroatoms. The zero-order chi connectivity index (χ0) is 12.3. The van der Waals surface area contributed by atoms with Gasteiger partial charge in [-0.3, -0.25) is 4.79 Å². The minimum atomic E-state index is -1.30. The smallest absolute Gasteiger partial charge is 0.261 e. The summed E-state index contributed by atoms with van der Waals surface area (Å²) < 4.78 is 5.87. The van der Waals surface area contributed by atoms with Crippen LogP contribution >= 0.6 is 15.9 Å². The monoisotopic (exact) mass is 295 g/mol. The minimum Gasteiger partial charge on any atom is -0.466 e. The van der Waals surface area contributed by atoms with E-state index in [0.29, 0.717) is 5.69 Å². The van der Waals surface area contributed by atoms with Crippen molar-refractivity contribution in [3.63, 3.8) is 0 Å². The summed E-state index contributed by atoms with van der Waals surface area (Å²) in [6.07, 6.45) is 0.111. The van der Waals surface area contributed by atoms with E-state index in [1.54, 1.807) is 36.4 Å². The van der Waals surface area contributed by atoms with Gasteiger partial charge in [-0.1, -0.05) is 15.9 Å². The van der Waals surface area contributed by atoms with Crippen LogP contribution in [-0.2, 0) is 4.79 Å². The first-order valence-electron chi connectivity index (χ1n) is 4.95. The number of rotatable bonds is 3. The molecule has 0 bridgehead atoms. The van der Waals surface area contributed by atoms with Crippen molar-refractivity contribution in [1.29, 1.82) is 0 Å². The van der Waals surface area contributed by atoms with Gasteiger partial charge in [0.15, 0.2) is 6.10 Å². The molecule has 1 heterocycles. The lowest BCUT2D eigenvalue weighted by atomic mass is 10.2. The van der Waals surface area contributed by atoms with Crippen LogP contribution in [0.5, 0.6) is 0 Å². The summed E-state index contributed by atoms with van der Waals surface area (Å²) in [5.74, 6) is -0.304. The number of anilines is 1. The van der Waals surface area contributed by atoms with Gasteiger partial charge in [0.2, 0.25) is 0 Å². The zero-order valence-corrected chi connectivity index (χ0v) is 10.3. The van der Waals surface area contributed by atoms with E-state index in [1.807, 2.05) is 0 Å². The van der Waals surface area contributed by atoms with Crippen molar-refractivity contribution in [2.45, 2.75) is 6.10 Å². The average molecular weight is 296 g/mol. The van der Waals surface area contributed by atoms with E-state index in [2.05, 4.69) is 21.2 Å². The Hall–Kier alpha value is -1.59. The number of nitrogens with one attached hydrogen (secondary N) is 1. The van der Waals surface area contributed by atoms with Crippen molar-refractivity contribution < 1.29 is 14.3 Å². The molecule has 88 valence electrons. The molecular formula is C12H10BrNO3. The van der Waals surface area contributed by atoms with Crippen LogP contribution in [0.3, 0.4) is 0 Å². The number of aliphatic hydroxyl groups is 1. The number of amides is 1. The molecule has 0 spiro atoms. The molecule has 0 fully saturated rings. The minimum absolute atomic E-state index is 0.222. The molecule has 2 N–H and O–H groups in total. The first kappa shape index (κ1) is 11.9. The van der Waals surface area contributed by atoms with Crippen LogP contribution in [0.15, 0.2) is 51.6 Å². The number of hydrogen-bond donors (Lipinski definition) is 2. The Labute approximate surface area is 106 Å². The Morgan fingerprint density at radius 1 is 1.29 bits per heavy atom. The SMILES string of the molecule is O=C(Nc1ccc(Br)cc1)C(O)c1ccco1. The van der Waals surface area contributed by atoms with Gasteiger partial charge in [0, 0.05) is 10.2 Å². The number of furan rings is 1. The van der Waals surface area contributed by atoms with Crippen LogP contribution in [0, 0.1) is 0 Å². The number of carbonyl (C=O) groups is 1. The van der Waals surface area contributed by atoms with Crippen LogP contribution in [0.4, 0.5) is 5.69 Å². The fourth-order valence-corrected chi connectivity index (χ4v) is 1.58. The zero-order valence-electron chi connectivity index (χ0n) is 8.76. The van der Waals surface area contributed by atoms with Crippen LogP contribution < -0.4 is 5.32 Å². The largest absolute Gasteiger partial charge is 0.466 e. The standard InChI is InChI=1S/C12H10BrNO3/c13-8-3-5-9(6-4-8)14-12(16)11(15)10-2-1-7-17-10/h1-7,11,15H,(H,14,16). The van der Waals surface area contributed by atoms with Crippen LogP contribution in [0.25, 0.3) is 0 Å². The van der Waals surface area contributed by atoms with Crippen molar-refractivity contribution in [1.82, 2.24) is 0 Å². The molecule has 0 aliphatic heterocycles. The van der Waals surface area contributed by atoms with Crippen LogP contribution in [0.2, 0.25) is 0 Å². The van der Waals surface area contributed by atoms with Gasteiger partial charge in [-0.15, -0.1) is 0 Å². The number of aliphatic hydroxyl groups excluding tert-OH is 1. The molecule has 17 heavy (non-hydrogen) atoms. The predicted molar refractivity (Wildman–Crippen MR) is 66.4 cm³/mol. The second kappa shape index (κ2) is 5.16. The Morgan fingerprint density at radius 2 is 2.00 bits per heavy atom. The van der Waals surface area contributed by atoms with Gasteiger partial charge in [0.1, 0.15) is 5.76 Å². The third kappa shape index (κ3) is 2.95. The topological polar surface area (TPSA) is 62.5 Å². The van der Waals surface area contributed by atoms with Crippen molar-refractivity contribution in [2.24, 2.45) is 0 Å². The molecule has 1 atom stereocenters. The van der Waals surface area contributed by atoms with E-state index >= 15 is 0 Å². The Morgan fingerprint density at radius 3 is 2.59 bits per heavy atom. The predicted octanol–water partition coefficient (Wildman–Crippen LogP) is 2.71. The molecule has 1 unspecified atom stereocenters. The molecular weight excluding hydrogens is 286 g/mol. The third-order valence-electron chi connectivity index (χ3n) is 2.17. The van der Waals surface area contributed by atoms with Gasteiger partial charge in [0.25, 0.3) is 5.91 Å². The molecule has 2 rings (SSSR count). The summed E-state index contributed by atoms with van der Waals surface area (Å²) in [5, 5.41) is 12.3. The highest BCUT2D eigenvalue weighted by atomic mass is 79.9. The van der Waals surface area contributed by atoms with Gasteiger partial charge in [-0.25, -0.2) is 0 Å². The van der Waals surface area contributed by atoms with Crippen molar-refractivity contribution in [3.8, 4) is 0 Å². The lowest BCUT2D eigenvalue weighted by Gasteiger charge is -2.09. The highest BCUT2D eigenvalue weighted by molar-refractivity contribution is 9.10. The fraction of sp³-hybridized carbons (Fsp3) is 0.0833. The molecule has 0 saturated carbocycles. The summed E-state index contributed by atoms with van der Waals surface area (Å²) in [4.78, 5) is 11.7. The summed E-state index contributed by atoms with van der Waals surface area (Å²) in [6.45, 7) is 0. The van der Waals surface area contributed by atoms with Crippen molar-refractivity contribution >= 4 is 27.5 Å². The maximum Gasteiger partial charge on any atom is 0.261 e. The van der Waals surface area contributed by atoms with Gasteiger partial charge in [0.05, 0.1) is 6.26 Å². The van der Waals surface area contributed by atoms with Crippen LogP contribution in [-0.4, -0.2) is 11.0 Å². The van der Waals surface area contributed by atoms with E-state index < -0.39 is 12.0 Å². The lowest BCUT2D eigenvalue weighted by Crippen LogP contribution is -2.20. The summed E-state index contributed by atoms with van der Waals surface area (Å²) in [7, 11) is 0. The van der Waals surface area contributed by atoms with Crippen molar-refractivity contribution in [2.75, 3.05) is 5.32 Å². The summed E-state index contributed by atoms with van der Waals surface area (Å²) in [6, 6.07) is 10.2. The average Bonchev–Trinajstić information content (AvgIpc) is 2.84. The van der Waals surface area contributed by atoms with Crippen molar-refractivity contribution in [3.05, 3.63) is 52.9 Å². The maximum atomic E-state index is 11.7. The molecule has 0 saturated heterocycles. The van der Waals surface area contributed by atoms with E-state index in [-0.39, 0.29) is 5.76 Å². The molecule has 4 nitrogen and oxygen atoms in total.